The molecule has 1 aromatic rings. The Hall–Kier alpha value is -1.60. The van der Waals surface area contributed by atoms with E-state index in [1.165, 1.54) is 30.6 Å². The molecule has 0 saturated heterocycles. The van der Waals surface area contributed by atoms with Crippen molar-refractivity contribution in [3.63, 3.8) is 0 Å². The van der Waals surface area contributed by atoms with E-state index in [0.717, 1.165) is 18.9 Å². The van der Waals surface area contributed by atoms with Crippen LogP contribution >= 0.6 is 0 Å². The van der Waals surface area contributed by atoms with Crippen LogP contribution in [0.15, 0.2) is 23.1 Å². The molecule has 0 amide bonds. The summed E-state index contributed by atoms with van der Waals surface area (Å²) in [6, 6.07) is 3.42. The molecule has 1 aromatic carbocycles. The molecule has 0 bridgehead atoms. The van der Waals surface area contributed by atoms with Gasteiger partial charge in [-0.1, -0.05) is 13.3 Å². The summed E-state index contributed by atoms with van der Waals surface area (Å²) < 4.78 is 30.8. The molecule has 0 aliphatic rings. The number of carbonyl (C=O) groups is 1. The standard InChI is InChI=1S/C14H21NO5S/c1-5-6-10(2)15(3)21(18,19)11-7-8-13(16)12(9-11)14(17)20-4/h7-10,16H,5-6H2,1-4H3. The van der Waals surface area contributed by atoms with Crippen LogP contribution in [0.1, 0.15) is 37.0 Å². The zero-order valence-corrected chi connectivity index (χ0v) is 13.5. The van der Waals surface area contributed by atoms with Gasteiger partial charge in [-0.3, -0.25) is 0 Å². The number of esters is 1. The maximum Gasteiger partial charge on any atom is 0.341 e. The number of aromatic hydroxyl groups is 1. The zero-order chi connectivity index (χ0) is 16.2. The molecule has 0 aliphatic heterocycles. The van der Waals surface area contributed by atoms with Crippen LogP contribution in [0.4, 0.5) is 0 Å². The smallest absolute Gasteiger partial charge is 0.341 e. The van der Waals surface area contributed by atoms with E-state index in [0.29, 0.717) is 0 Å². The highest BCUT2D eigenvalue weighted by atomic mass is 32.2. The van der Waals surface area contributed by atoms with E-state index >= 15 is 0 Å². The Morgan fingerprint density at radius 1 is 1.43 bits per heavy atom. The van der Waals surface area contributed by atoms with E-state index in [2.05, 4.69) is 4.74 Å². The lowest BCUT2D eigenvalue weighted by Crippen LogP contribution is -2.35. The quantitative estimate of drug-likeness (QED) is 0.812. The van der Waals surface area contributed by atoms with Gasteiger partial charge in [0.2, 0.25) is 10.0 Å². The minimum absolute atomic E-state index is 0.0499. The minimum Gasteiger partial charge on any atom is -0.507 e. The third-order valence-electron chi connectivity index (χ3n) is 3.38. The summed E-state index contributed by atoms with van der Waals surface area (Å²) in [7, 11) is -1.06. The number of ether oxygens (including phenoxy) is 1. The van der Waals surface area contributed by atoms with Crippen LogP contribution in [-0.4, -0.2) is 44.0 Å². The van der Waals surface area contributed by atoms with Crippen molar-refractivity contribution in [3.05, 3.63) is 23.8 Å². The number of methoxy groups -OCH3 is 1. The van der Waals surface area contributed by atoms with Crippen molar-refractivity contribution in [2.24, 2.45) is 0 Å². The Bertz CT molecular complexity index is 612. The van der Waals surface area contributed by atoms with Gasteiger partial charge in [0.05, 0.1) is 12.0 Å². The Morgan fingerprint density at radius 3 is 2.57 bits per heavy atom. The Balaban J connectivity index is 3.23. The van der Waals surface area contributed by atoms with Gasteiger partial charge in [0.15, 0.2) is 0 Å². The Labute approximate surface area is 125 Å². The van der Waals surface area contributed by atoms with Gasteiger partial charge in [-0.05, 0) is 31.5 Å². The van der Waals surface area contributed by atoms with Crippen molar-refractivity contribution in [1.29, 1.82) is 0 Å². The third-order valence-corrected chi connectivity index (χ3v) is 5.35. The van der Waals surface area contributed by atoms with Crippen LogP contribution in [0.3, 0.4) is 0 Å². The molecule has 1 atom stereocenters. The van der Waals surface area contributed by atoms with Gasteiger partial charge in [0.1, 0.15) is 11.3 Å². The van der Waals surface area contributed by atoms with E-state index in [9.17, 15) is 18.3 Å². The molecular formula is C14H21NO5S. The Morgan fingerprint density at radius 2 is 2.05 bits per heavy atom. The molecule has 118 valence electrons. The minimum atomic E-state index is -3.73. The molecular weight excluding hydrogens is 294 g/mol. The fourth-order valence-electron chi connectivity index (χ4n) is 1.95. The Kier molecular flexibility index (Phi) is 5.74. The fraction of sp³-hybridized carbons (Fsp3) is 0.500. The van der Waals surface area contributed by atoms with Crippen molar-refractivity contribution >= 4 is 16.0 Å². The molecule has 21 heavy (non-hydrogen) atoms. The summed E-state index contributed by atoms with van der Waals surface area (Å²) in [6.45, 7) is 3.80. The highest BCUT2D eigenvalue weighted by Crippen LogP contribution is 2.25. The number of hydrogen-bond acceptors (Lipinski definition) is 5. The zero-order valence-electron chi connectivity index (χ0n) is 12.7. The van der Waals surface area contributed by atoms with E-state index in [4.69, 9.17) is 0 Å². The van der Waals surface area contributed by atoms with Gasteiger partial charge in [0.25, 0.3) is 0 Å². The predicted molar refractivity (Wildman–Crippen MR) is 78.8 cm³/mol. The van der Waals surface area contributed by atoms with Gasteiger partial charge in [0, 0.05) is 13.1 Å². The highest BCUT2D eigenvalue weighted by Gasteiger charge is 2.26. The van der Waals surface area contributed by atoms with Crippen molar-refractivity contribution in [2.45, 2.75) is 37.6 Å². The van der Waals surface area contributed by atoms with Gasteiger partial charge in [-0.2, -0.15) is 4.31 Å². The van der Waals surface area contributed by atoms with Crippen LogP contribution in [0, 0.1) is 0 Å². The molecule has 1 rings (SSSR count). The first kappa shape index (κ1) is 17.5. The first-order valence-electron chi connectivity index (χ1n) is 6.65. The number of nitrogens with zero attached hydrogens (tertiary/aromatic N) is 1. The fourth-order valence-corrected chi connectivity index (χ4v) is 3.37. The lowest BCUT2D eigenvalue weighted by molar-refractivity contribution is 0.0597. The molecule has 0 saturated carbocycles. The molecule has 0 spiro atoms. The average molecular weight is 315 g/mol. The maximum atomic E-state index is 12.5. The maximum absolute atomic E-state index is 12.5. The van der Waals surface area contributed by atoms with E-state index < -0.39 is 16.0 Å². The molecule has 1 N–H and O–H groups in total. The molecule has 6 nitrogen and oxygen atoms in total. The molecule has 1 unspecified atom stereocenters. The van der Waals surface area contributed by atoms with Crippen molar-refractivity contribution < 1.29 is 23.1 Å². The van der Waals surface area contributed by atoms with Gasteiger partial charge >= 0.3 is 5.97 Å². The summed E-state index contributed by atoms with van der Waals surface area (Å²) in [5, 5.41) is 9.62. The van der Waals surface area contributed by atoms with Crippen LogP contribution < -0.4 is 0 Å². The second-order valence-electron chi connectivity index (χ2n) is 4.83. The SMILES string of the molecule is CCCC(C)N(C)S(=O)(=O)c1ccc(O)c(C(=O)OC)c1. The van der Waals surface area contributed by atoms with Crippen LogP contribution in [-0.2, 0) is 14.8 Å². The number of phenols is 1. The molecule has 0 fully saturated rings. The summed E-state index contributed by atoms with van der Waals surface area (Å²) in [5.41, 5.74) is -0.171. The number of sulfonamides is 1. The van der Waals surface area contributed by atoms with Gasteiger partial charge in [-0.15, -0.1) is 0 Å². The van der Waals surface area contributed by atoms with Crippen LogP contribution in [0.5, 0.6) is 5.75 Å². The number of benzene rings is 1. The topological polar surface area (TPSA) is 83.9 Å². The second kappa shape index (κ2) is 6.91. The predicted octanol–water partition coefficient (Wildman–Crippen LogP) is 1.99. The number of rotatable bonds is 6. The number of phenolic OH excluding ortho intramolecular Hbond substituents is 1. The molecule has 7 heteroatoms. The van der Waals surface area contributed by atoms with Gasteiger partial charge in [-0.25, -0.2) is 13.2 Å². The second-order valence-corrected chi connectivity index (χ2v) is 6.83. The third kappa shape index (κ3) is 3.74. The van der Waals surface area contributed by atoms with Crippen LogP contribution in [0.25, 0.3) is 0 Å². The van der Waals surface area contributed by atoms with Crippen LogP contribution in [0.2, 0.25) is 0 Å². The summed E-state index contributed by atoms with van der Waals surface area (Å²) in [4.78, 5) is 11.5. The van der Waals surface area contributed by atoms with E-state index in [1.54, 1.807) is 0 Å². The first-order chi connectivity index (χ1) is 9.75. The first-order valence-corrected chi connectivity index (χ1v) is 8.09. The largest absolute Gasteiger partial charge is 0.507 e. The average Bonchev–Trinajstić information content (AvgIpc) is 2.46. The highest BCUT2D eigenvalue weighted by molar-refractivity contribution is 7.89. The van der Waals surface area contributed by atoms with E-state index in [-0.39, 0.29) is 22.3 Å². The van der Waals surface area contributed by atoms with E-state index in [1.807, 2.05) is 13.8 Å². The summed E-state index contributed by atoms with van der Waals surface area (Å²) in [5.74, 6) is -1.10. The van der Waals surface area contributed by atoms with Gasteiger partial charge < -0.3 is 9.84 Å². The monoisotopic (exact) mass is 315 g/mol. The van der Waals surface area contributed by atoms with Crippen molar-refractivity contribution in [1.82, 2.24) is 4.31 Å². The molecule has 0 heterocycles. The molecule has 0 radical (unpaired) electrons. The number of hydrogen-bond donors (Lipinski definition) is 1. The number of carbonyl (C=O) groups excluding carboxylic acids is 1. The summed E-state index contributed by atoms with van der Waals surface area (Å²) >= 11 is 0. The molecule has 0 aliphatic carbocycles. The summed E-state index contributed by atoms with van der Waals surface area (Å²) in [6.07, 6.45) is 1.60. The lowest BCUT2D eigenvalue weighted by atomic mass is 10.2. The van der Waals surface area contributed by atoms with Crippen molar-refractivity contribution in [3.8, 4) is 5.75 Å². The normalized spacial score (nSPS) is 13.2. The molecule has 0 aromatic heterocycles. The lowest BCUT2D eigenvalue weighted by Gasteiger charge is -2.24. The van der Waals surface area contributed by atoms with Crippen molar-refractivity contribution in [2.75, 3.05) is 14.2 Å².